The minimum atomic E-state index is -1.62. The second-order valence-electron chi connectivity index (χ2n) is 26.6. The first-order chi connectivity index (χ1) is 44.3. The molecule has 5 rings (SSSR count). The van der Waals surface area contributed by atoms with Crippen LogP contribution in [0.25, 0.3) is 0 Å². The van der Waals surface area contributed by atoms with Gasteiger partial charge in [-0.1, -0.05) is 80.9 Å². The third-order valence-corrected chi connectivity index (χ3v) is 18.1. The van der Waals surface area contributed by atoms with E-state index in [1.54, 1.807) is 58.9 Å². The number of rotatable bonds is 24. The summed E-state index contributed by atoms with van der Waals surface area (Å²) < 4.78 is 23.1. The van der Waals surface area contributed by atoms with Crippen LogP contribution in [-0.2, 0) is 83.0 Å². The summed E-state index contributed by atoms with van der Waals surface area (Å²) in [6, 6.07) is -2.74. The van der Waals surface area contributed by atoms with Gasteiger partial charge < -0.3 is 76.0 Å². The molecule has 0 saturated carbocycles. The summed E-state index contributed by atoms with van der Waals surface area (Å²) >= 11 is 0. The molecule has 4 aliphatic rings. The fraction of sp³-hybridized carbons (Fsp3) is 0.712. The molecule has 4 fully saturated rings. The van der Waals surface area contributed by atoms with Crippen LogP contribution in [0.4, 0.5) is 0 Å². The van der Waals surface area contributed by atoms with Crippen molar-refractivity contribution >= 4 is 77.0 Å². The van der Waals surface area contributed by atoms with E-state index in [-0.39, 0.29) is 95.0 Å². The number of ether oxygens (including phenoxy) is 4. The number of nitrogens with zero attached hydrogens (tertiary/aromatic N) is 4. The molecule has 0 bridgehead atoms. The van der Waals surface area contributed by atoms with Crippen LogP contribution >= 0.6 is 0 Å². The highest BCUT2D eigenvalue weighted by molar-refractivity contribution is 5.97. The van der Waals surface area contributed by atoms with Gasteiger partial charge in [-0.2, -0.15) is 0 Å². The number of esters is 3. The molecule has 4 aliphatic heterocycles. The Kier molecular flexibility index (Phi) is 29.0. The van der Waals surface area contributed by atoms with Crippen molar-refractivity contribution in [1.29, 1.82) is 0 Å². The Balaban J connectivity index is 1.50. The van der Waals surface area contributed by atoms with Gasteiger partial charge in [-0.05, 0) is 106 Å². The highest BCUT2D eigenvalue weighted by Crippen LogP contribution is 2.28. The lowest BCUT2D eigenvalue weighted by Crippen LogP contribution is -2.58. The van der Waals surface area contributed by atoms with Gasteiger partial charge in [0.05, 0.1) is 31.6 Å². The van der Waals surface area contributed by atoms with Gasteiger partial charge in [-0.25, -0.2) is 9.59 Å². The zero-order chi connectivity index (χ0) is 70.0. The van der Waals surface area contributed by atoms with Crippen LogP contribution in [0.3, 0.4) is 0 Å². The number of amides is 10. The number of cyclic esters (lactones) is 2. The van der Waals surface area contributed by atoms with E-state index in [1.807, 2.05) is 27.7 Å². The van der Waals surface area contributed by atoms with Gasteiger partial charge in [-0.15, -0.1) is 0 Å². The molecule has 10 amide bonds. The first-order valence-corrected chi connectivity index (χ1v) is 33.1. The van der Waals surface area contributed by atoms with Crippen molar-refractivity contribution in [2.75, 3.05) is 40.8 Å². The van der Waals surface area contributed by atoms with Gasteiger partial charge >= 0.3 is 17.9 Å². The zero-order valence-electron chi connectivity index (χ0n) is 56.9. The lowest BCUT2D eigenvalue weighted by atomic mass is 9.90. The molecule has 0 aromatic heterocycles. The number of carbonyl (C=O) groups is 13. The van der Waals surface area contributed by atoms with Crippen LogP contribution in [0.15, 0.2) is 24.3 Å². The number of hydrogen-bond donors (Lipinski definition) is 7. The van der Waals surface area contributed by atoms with E-state index < -0.39 is 175 Å². The smallest absolute Gasteiger partial charge is 0.329 e. The van der Waals surface area contributed by atoms with Gasteiger partial charge in [0.25, 0.3) is 11.8 Å². The summed E-state index contributed by atoms with van der Waals surface area (Å²) in [5, 5.41) is 25.5. The summed E-state index contributed by atoms with van der Waals surface area (Å²) in [5.74, 6) is -12.1. The number of hydrogen-bond acceptors (Lipinski definition) is 18. The molecule has 0 aliphatic carbocycles. The molecule has 5 unspecified atom stereocenters. The second-order valence-corrected chi connectivity index (χ2v) is 26.6. The van der Waals surface area contributed by atoms with Crippen molar-refractivity contribution < 1.29 is 86.4 Å². The molecular weight excluding hydrogens is 1220 g/mol. The Morgan fingerprint density at radius 1 is 0.840 bits per heavy atom. The Morgan fingerprint density at radius 2 is 1.51 bits per heavy atom. The second kappa shape index (κ2) is 35.6. The molecule has 4 heterocycles. The third kappa shape index (κ3) is 20.8. The maximum atomic E-state index is 15.2. The van der Waals surface area contributed by atoms with E-state index in [4.69, 9.17) is 24.7 Å². The number of carbonyl (C=O) groups excluding carboxylic acids is 13. The molecule has 524 valence electrons. The zero-order valence-corrected chi connectivity index (χ0v) is 56.9. The van der Waals surface area contributed by atoms with Crippen molar-refractivity contribution in [2.45, 2.75) is 232 Å². The van der Waals surface area contributed by atoms with E-state index in [9.17, 15) is 53.1 Å². The van der Waals surface area contributed by atoms with Crippen LogP contribution in [0.2, 0.25) is 0 Å². The van der Waals surface area contributed by atoms with Gasteiger partial charge in [-0.3, -0.25) is 52.7 Å². The predicted octanol–water partition coefficient (Wildman–Crippen LogP) is 1.33. The summed E-state index contributed by atoms with van der Waals surface area (Å²) in [6.45, 7) is 16.8. The third-order valence-electron chi connectivity index (χ3n) is 18.1. The molecule has 28 nitrogen and oxygen atoms in total. The van der Waals surface area contributed by atoms with E-state index in [0.717, 1.165) is 0 Å². The van der Waals surface area contributed by atoms with Crippen molar-refractivity contribution in [1.82, 2.24) is 46.2 Å². The van der Waals surface area contributed by atoms with Gasteiger partial charge in [0.1, 0.15) is 54.1 Å². The fourth-order valence-electron chi connectivity index (χ4n) is 12.4. The monoisotopic (exact) mass is 1320 g/mol. The molecule has 0 radical (unpaired) electrons. The number of aliphatic hydroxyl groups is 1. The molecule has 0 spiro atoms. The molecule has 4 saturated heterocycles. The van der Waals surface area contributed by atoms with E-state index in [0.29, 0.717) is 30.6 Å². The number of methoxy groups -OCH3 is 1. The molecule has 94 heavy (non-hydrogen) atoms. The number of likely N-dealkylation sites (N-methyl/N-ethyl adjacent to an activating group) is 2. The molecule has 8 N–H and O–H groups in total. The maximum absolute atomic E-state index is 15.2. The number of nitrogens with two attached hydrogens (primary N) is 1. The highest BCUT2D eigenvalue weighted by atomic mass is 16.6. The molecular formula is C66H102N10O18. The first-order valence-electron chi connectivity index (χ1n) is 33.1. The summed E-state index contributed by atoms with van der Waals surface area (Å²) in [4.78, 5) is 187. The Morgan fingerprint density at radius 3 is 2.10 bits per heavy atom. The van der Waals surface area contributed by atoms with Crippen molar-refractivity contribution in [3.63, 3.8) is 0 Å². The Bertz CT molecular complexity index is 2870. The number of nitrogens with one attached hydrogen (secondary N) is 5. The molecule has 14 atom stereocenters. The van der Waals surface area contributed by atoms with Crippen molar-refractivity contribution in [2.24, 2.45) is 35.3 Å². The fourth-order valence-corrected chi connectivity index (χ4v) is 12.4. The van der Waals surface area contributed by atoms with Crippen LogP contribution in [0.5, 0.6) is 5.75 Å². The quantitative estimate of drug-likeness (QED) is 0.0567. The van der Waals surface area contributed by atoms with E-state index in [2.05, 4.69) is 26.6 Å². The number of fused-ring (bicyclic) bond motifs is 1. The van der Waals surface area contributed by atoms with Crippen LogP contribution in [0.1, 0.15) is 158 Å². The molecule has 1 aromatic carbocycles. The van der Waals surface area contributed by atoms with Crippen molar-refractivity contribution in [3.8, 4) is 5.75 Å². The first kappa shape index (κ1) is 76.8. The van der Waals surface area contributed by atoms with Gasteiger partial charge in [0, 0.05) is 53.0 Å². The SMILES string of the molecule is CCC1OC(=O)[C@H](Cc2ccc(OC)cc2)N(C)C(=O)[C@@H]2CCCN2C(=O)[C@H](CC(C)C)NC(=O)[C@H](C(C)C)OC(=O)C[C@H](O)C([C@@H](C)CC)NC(=O)C1CNC(=O)[C@@H](CC(C)C)N(C)C(=O)[C@@H]1CCCN1C(=O)[C@H](C)OC(=O)C(CCC(N)=O)NC(=O)C1CCC(=O)N1. The largest absolute Gasteiger partial charge is 0.497 e. The number of primary amides is 1. The van der Waals surface area contributed by atoms with Crippen LogP contribution in [0, 0.1) is 29.6 Å². The average Bonchev–Trinajstić information content (AvgIpc) is 1.54. The minimum Gasteiger partial charge on any atom is -0.497 e. The summed E-state index contributed by atoms with van der Waals surface area (Å²) in [6.07, 6.45) is -5.38. The Hall–Kier alpha value is -7.91. The van der Waals surface area contributed by atoms with E-state index in [1.165, 1.54) is 47.7 Å². The van der Waals surface area contributed by atoms with Gasteiger partial charge in [0.15, 0.2) is 12.2 Å². The lowest BCUT2D eigenvalue weighted by molar-refractivity contribution is -0.164. The highest BCUT2D eigenvalue weighted by Gasteiger charge is 2.46. The summed E-state index contributed by atoms with van der Waals surface area (Å²) in [7, 11) is 4.31. The number of aliphatic hydroxyl groups excluding tert-OH is 1. The summed E-state index contributed by atoms with van der Waals surface area (Å²) in [5.41, 5.74) is 5.94. The molecule has 28 heteroatoms. The van der Waals surface area contributed by atoms with Crippen molar-refractivity contribution in [3.05, 3.63) is 29.8 Å². The normalized spacial score (nSPS) is 25.8. The van der Waals surface area contributed by atoms with Crippen LogP contribution < -0.4 is 37.1 Å². The number of likely N-dealkylation sites (tertiary alicyclic amines) is 1. The topological polar surface area (TPSA) is 378 Å². The van der Waals surface area contributed by atoms with Gasteiger partial charge in [0.2, 0.25) is 47.3 Å². The standard InChI is InChI=1S/C66H102N10O18/c1-14-38(9)55-50(77)33-54(80)94-56(37(7)8)60(84)71-45(30-35(3)4)62(86)76-29-17-19-47(76)64(88)74(12)49(32-40-20-22-41(91-13)23-21-40)66(90)93-51(15-2)42(57(81)72-55)34-68-59(83)48(31-36(5)6)73(11)63(87)46-18-16-28-75(46)61(85)39(10)92-65(89)44(24-26-52(67)78)70-58(82)43-25-27-53(79)69-43/h20-23,35-39,42-51,55-56,77H,14-19,24-34H2,1-13H3,(H2,67,78)(H,68,83)(H,69,79)(H,70,82)(H,71,84)(H,72,81)/t38-,39-,42?,43?,44?,45-,46-,47-,48+,49-,50-,51?,55?,56-/m0/s1. The predicted molar refractivity (Wildman–Crippen MR) is 341 cm³/mol. The van der Waals surface area contributed by atoms with Crippen LogP contribution in [-0.4, -0.2) is 215 Å². The lowest BCUT2D eigenvalue weighted by Gasteiger charge is -2.36. The molecule has 1 aromatic rings. The van der Waals surface area contributed by atoms with E-state index >= 15 is 14.4 Å². The maximum Gasteiger partial charge on any atom is 0.329 e. The Labute approximate surface area is 551 Å². The number of benzene rings is 1. The average molecular weight is 1320 g/mol. The minimum absolute atomic E-state index is 0.0505.